The number of nitrogens with zero attached hydrogens (tertiary/aromatic N) is 2. The third-order valence-corrected chi connectivity index (χ3v) is 7.18. The smallest absolute Gasteiger partial charge is 0.343 e. The summed E-state index contributed by atoms with van der Waals surface area (Å²) in [5.41, 5.74) is -0.442. The number of rotatable bonds is 8. The van der Waals surface area contributed by atoms with Gasteiger partial charge in [-0.05, 0) is 64.3 Å². The van der Waals surface area contributed by atoms with Gasteiger partial charge in [-0.3, -0.25) is 14.2 Å². The van der Waals surface area contributed by atoms with Crippen molar-refractivity contribution < 1.29 is 28.2 Å². The van der Waals surface area contributed by atoms with E-state index in [1.807, 2.05) is 13.8 Å². The maximum atomic E-state index is 15.2. The van der Waals surface area contributed by atoms with E-state index in [2.05, 4.69) is 26.6 Å². The SMILES string of the molecule is CO[C@@H]1C[C@H](C(=O)Nc2ccc(-n3cc(Br)cc(C(=O)OCC(C)C)c3=O)cc2F)N(C(=O)Nc2ccc(Cl)cc2)C1. The summed E-state index contributed by atoms with van der Waals surface area (Å²) in [6.45, 7) is 4.03. The van der Waals surface area contributed by atoms with Crippen LogP contribution < -0.4 is 16.2 Å². The second kappa shape index (κ2) is 13.5. The summed E-state index contributed by atoms with van der Waals surface area (Å²) in [4.78, 5) is 53.1. The summed E-state index contributed by atoms with van der Waals surface area (Å²) in [5, 5.41) is 5.77. The molecule has 2 aromatic carbocycles. The van der Waals surface area contributed by atoms with E-state index >= 15 is 4.39 Å². The van der Waals surface area contributed by atoms with Gasteiger partial charge in [-0.2, -0.15) is 0 Å². The van der Waals surface area contributed by atoms with Gasteiger partial charge >= 0.3 is 12.0 Å². The molecule has 13 heteroatoms. The Morgan fingerprint density at radius 1 is 1.12 bits per heavy atom. The van der Waals surface area contributed by atoms with Crippen LogP contribution in [0.25, 0.3) is 5.69 Å². The molecule has 42 heavy (non-hydrogen) atoms. The molecule has 1 aliphatic rings. The number of nitrogens with one attached hydrogen (secondary N) is 2. The molecule has 10 nitrogen and oxygen atoms in total. The van der Waals surface area contributed by atoms with Gasteiger partial charge in [0.05, 0.1) is 24.1 Å². The van der Waals surface area contributed by atoms with Crippen molar-refractivity contribution in [1.82, 2.24) is 9.47 Å². The first-order valence-corrected chi connectivity index (χ1v) is 14.2. The van der Waals surface area contributed by atoms with Crippen LogP contribution in [0.1, 0.15) is 30.6 Å². The molecule has 1 saturated heterocycles. The zero-order valence-corrected chi connectivity index (χ0v) is 25.4. The molecule has 0 saturated carbocycles. The van der Waals surface area contributed by atoms with Crippen LogP contribution in [0.15, 0.2) is 64.0 Å². The van der Waals surface area contributed by atoms with Crippen molar-refractivity contribution in [2.75, 3.05) is 30.9 Å². The molecule has 0 aliphatic carbocycles. The number of carbonyl (C=O) groups excluding carboxylic acids is 3. The van der Waals surface area contributed by atoms with E-state index < -0.39 is 41.4 Å². The van der Waals surface area contributed by atoms with Crippen molar-refractivity contribution in [3.63, 3.8) is 0 Å². The number of urea groups is 1. The van der Waals surface area contributed by atoms with Crippen molar-refractivity contribution in [2.24, 2.45) is 5.92 Å². The fraction of sp³-hybridized carbons (Fsp3) is 0.310. The van der Waals surface area contributed by atoms with Crippen molar-refractivity contribution >= 4 is 56.8 Å². The summed E-state index contributed by atoms with van der Waals surface area (Å²) in [6, 6.07) is 10.2. The number of likely N-dealkylation sites (tertiary alicyclic amines) is 1. The first kappa shape index (κ1) is 31.2. The average Bonchev–Trinajstić information content (AvgIpc) is 3.40. The lowest BCUT2D eigenvalue weighted by Gasteiger charge is -2.24. The monoisotopic (exact) mass is 662 g/mol. The molecule has 1 fully saturated rings. The van der Waals surface area contributed by atoms with Gasteiger partial charge in [0.25, 0.3) is 5.56 Å². The molecule has 3 aromatic rings. The fourth-order valence-electron chi connectivity index (χ4n) is 4.35. The number of hydrogen-bond acceptors (Lipinski definition) is 6. The van der Waals surface area contributed by atoms with Crippen LogP contribution in [0.3, 0.4) is 0 Å². The Hall–Kier alpha value is -3.74. The lowest BCUT2D eigenvalue weighted by molar-refractivity contribution is -0.119. The Balaban J connectivity index is 1.52. The number of halogens is 3. The number of methoxy groups -OCH3 is 1. The van der Waals surface area contributed by atoms with Crippen molar-refractivity contribution in [3.05, 3.63) is 86.0 Å². The second-order valence-corrected chi connectivity index (χ2v) is 11.4. The Morgan fingerprint density at radius 2 is 1.83 bits per heavy atom. The molecule has 1 aromatic heterocycles. The van der Waals surface area contributed by atoms with Gasteiger partial charge in [0.15, 0.2) is 0 Å². The molecule has 4 rings (SSSR count). The molecule has 2 atom stereocenters. The highest BCUT2D eigenvalue weighted by Crippen LogP contribution is 2.25. The van der Waals surface area contributed by atoms with E-state index in [-0.39, 0.29) is 42.4 Å². The maximum absolute atomic E-state index is 15.2. The zero-order valence-electron chi connectivity index (χ0n) is 23.0. The molecule has 222 valence electrons. The highest BCUT2D eigenvalue weighted by atomic mass is 79.9. The Morgan fingerprint density at radius 3 is 2.48 bits per heavy atom. The van der Waals surface area contributed by atoms with Crippen molar-refractivity contribution in [1.29, 1.82) is 0 Å². The minimum atomic E-state index is -0.937. The van der Waals surface area contributed by atoms with E-state index in [4.69, 9.17) is 21.1 Å². The van der Waals surface area contributed by atoms with Gasteiger partial charge in [-0.1, -0.05) is 25.4 Å². The van der Waals surface area contributed by atoms with Crippen LogP contribution in [0.2, 0.25) is 5.02 Å². The summed E-state index contributed by atoms with van der Waals surface area (Å²) < 4.78 is 27.3. The Labute approximate surface area is 254 Å². The number of benzene rings is 2. The van der Waals surface area contributed by atoms with Gasteiger partial charge < -0.3 is 25.0 Å². The van der Waals surface area contributed by atoms with Crippen LogP contribution in [-0.2, 0) is 14.3 Å². The van der Waals surface area contributed by atoms with Crippen LogP contribution in [0.5, 0.6) is 0 Å². The van der Waals surface area contributed by atoms with E-state index in [9.17, 15) is 19.2 Å². The predicted octanol–water partition coefficient (Wildman–Crippen LogP) is 5.47. The summed E-state index contributed by atoms with van der Waals surface area (Å²) >= 11 is 9.18. The topological polar surface area (TPSA) is 119 Å². The van der Waals surface area contributed by atoms with E-state index in [1.165, 1.54) is 36.4 Å². The molecular weight excluding hydrogens is 635 g/mol. The largest absolute Gasteiger partial charge is 0.462 e. The van der Waals surface area contributed by atoms with Gasteiger partial charge in [-0.15, -0.1) is 0 Å². The zero-order chi connectivity index (χ0) is 30.6. The van der Waals surface area contributed by atoms with Crippen molar-refractivity contribution in [2.45, 2.75) is 32.4 Å². The minimum Gasteiger partial charge on any atom is -0.462 e. The number of aromatic nitrogens is 1. The number of amides is 3. The second-order valence-electron chi connectivity index (χ2n) is 10.1. The Bertz CT molecular complexity index is 1550. The summed E-state index contributed by atoms with van der Waals surface area (Å²) in [7, 11) is 1.48. The number of esters is 1. The van der Waals surface area contributed by atoms with Crippen LogP contribution in [0, 0.1) is 11.7 Å². The number of pyridine rings is 1. The number of anilines is 2. The molecule has 0 bridgehead atoms. The number of ether oxygens (including phenoxy) is 2. The highest BCUT2D eigenvalue weighted by molar-refractivity contribution is 9.10. The van der Waals surface area contributed by atoms with Crippen LogP contribution in [-0.4, -0.2) is 59.8 Å². The fourth-order valence-corrected chi connectivity index (χ4v) is 4.91. The molecule has 3 amide bonds. The Kier molecular flexibility index (Phi) is 10.0. The van der Waals surface area contributed by atoms with E-state index in [0.29, 0.717) is 15.2 Å². The van der Waals surface area contributed by atoms with Gasteiger partial charge in [-0.25, -0.2) is 14.0 Å². The predicted molar refractivity (Wildman–Crippen MR) is 160 cm³/mol. The quantitative estimate of drug-likeness (QED) is 0.309. The van der Waals surface area contributed by atoms with Gasteiger partial charge in [0.1, 0.15) is 17.4 Å². The highest BCUT2D eigenvalue weighted by Gasteiger charge is 2.40. The van der Waals surface area contributed by atoms with Crippen LogP contribution >= 0.6 is 27.5 Å². The standard InChI is InChI=1S/C29H29BrClFN4O6/c1-16(2)15-42-28(39)22-10-17(30)13-35(27(22)38)20-8-9-24(23(32)11-20)34-26(37)25-12-21(41-3)14-36(25)29(40)33-19-6-4-18(31)5-7-19/h4-11,13,16,21,25H,12,14-15H2,1-3H3,(H,33,40)(H,34,37)/t21-,25-/m1/s1. The normalized spacial score (nSPS) is 16.4. The molecule has 1 aliphatic heterocycles. The summed E-state index contributed by atoms with van der Waals surface area (Å²) in [5.74, 6) is -2.14. The molecular formula is C29H29BrClFN4O6. The summed E-state index contributed by atoms with van der Waals surface area (Å²) in [6.07, 6.45) is 1.21. The lowest BCUT2D eigenvalue weighted by atomic mass is 10.1. The third-order valence-electron chi connectivity index (χ3n) is 6.50. The molecule has 2 N–H and O–H groups in total. The molecule has 2 heterocycles. The number of hydrogen-bond donors (Lipinski definition) is 2. The first-order valence-electron chi connectivity index (χ1n) is 13.0. The van der Waals surface area contributed by atoms with Crippen LogP contribution in [0.4, 0.5) is 20.6 Å². The average molecular weight is 664 g/mol. The molecule has 0 unspecified atom stereocenters. The number of carbonyl (C=O) groups is 3. The minimum absolute atomic E-state index is 0.0785. The first-order chi connectivity index (χ1) is 20.0. The maximum Gasteiger partial charge on any atom is 0.343 e. The van der Waals surface area contributed by atoms with E-state index in [0.717, 1.165) is 10.6 Å². The van der Waals surface area contributed by atoms with Gasteiger partial charge in [0, 0.05) is 47.5 Å². The molecule has 0 spiro atoms. The third kappa shape index (κ3) is 7.36. The van der Waals surface area contributed by atoms with Gasteiger partial charge in [0.2, 0.25) is 5.91 Å². The lowest BCUT2D eigenvalue weighted by Crippen LogP contribution is -2.45. The molecule has 0 radical (unpaired) electrons. The van der Waals surface area contributed by atoms with Crippen molar-refractivity contribution in [3.8, 4) is 5.69 Å². The van der Waals surface area contributed by atoms with E-state index in [1.54, 1.807) is 24.3 Å².